The smallest absolute Gasteiger partial charge is 0.241 e. The molecule has 1 heterocycles. The Bertz CT molecular complexity index is 803. The number of methoxy groups -OCH3 is 1. The lowest BCUT2D eigenvalue weighted by molar-refractivity contribution is 0.373. The Morgan fingerprint density at radius 3 is 2.38 bits per heavy atom. The Balaban J connectivity index is 2.05. The average molecular weight is 281 g/mol. The van der Waals surface area contributed by atoms with Crippen LogP contribution in [-0.2, 0) is 0 Å². The molecule has 106 valence electrons. The SMILES string of the molecule is COc1ccc(N)cc1Oc1nc2ccccc2nc1C. The number of aryl methyl sites for hydroxylation is 1. The summed E-state index contributed by atoms with van der Waals surface area (Å²) in [4.78, 5) is 8.98. The highest BCUT2D eigenvalue weighted by Crippen LogP contribution is 2.33. The van der Waals surface area contributed by atoms with Gasteiger partial charge in [-0.1, -0.05) is 12.1 Å². The number of nitrogens with zero attached hydrogens (tertiary/aromatic N) is 2. The molecule has 0 aliphatic carbocycles. The largest absolute Gasteiger partial charge is 0.493 e. The molecule has 2 N–H and O–H groups in total. The van der Waals surface area contributed by atoms with Crippen molar-refractivity contribution in [2.75, 3.05) is 12.8 Å². The molecule has 3 rings (SSSR count). The van der Waals surface area contributed by atoms with Crippen LogP contribution in [0, 0.1) is 6.92 Å². The van der Waals surface area contributed by atoms with Crippen molar-refractivity contribution in [1.82, 2.24) is 9.97 Å². The van der Waals surface area contributed by atoms with Gasteiger partial charge in [0.15, 0.2) is 11.5 Å². The van der Waals surface area contributed by atoms with Gasteiger partial charge >= 0.3 is 0 Å². The molecule has 0 saturated heterocycles. The predicted octanol–water partition coefficient (Wildman–Crippen LogP) is 3.32. The molecule has 21 heavy (non-hydrogen) atoms. The van der Waals surface area contributed by atoms with Gasteiger partial charge < -0.3 is 15.2 Å². The van der Waals surface area contributed by atoms with Gasteiger partial charge in [0.25, 0.3) is 0 Å². The maximum absolute atomic E-state index is 5.84. The van der Waals surface area contributed by atoms with Gasteiger partial charge in [0.2, 0.25) is 5.88 Å². The van der Waals surface area contributed by atoms with Gasteiger partial charge in [0.05, 0.1) is 18.1 Å². The number of hydrogen-bond acceptors (Lipinski definition) is 5. The summed E-state index contributed by atoms with van der Waals surface area (Å²) in [6.07, 6.45) is 0. The van der Waals surface area contributed by atoms with Crippen molar-refractivity contribution in [3.63, 3.8) is 0 Å². The van der Waals surface area contributed by atoms with Gasteiger partial charge in [0.1, 0.15) is 5.69 Å². The third-order valence-corrected chi connectivity index (χ3v) is 3.10. The number of nitrogen functional groups attached to an aromatic ring is 1. The Morgan fingerprint density at radius 1 is 0.952 bits per heavy atom. The van der Waals surface area contributed by atoms with Crippen LogP contribution in [0.1, 0.15) is 5.69 Å². The first-order valence-electron chi connectivity index (χ1n) is 6.52. The van der Waals surface area contributed by atoms with Crippen LogP contribution in [-0.4, -0.2) is 17.1 Å². The molecule has 0 unspecified atom stereocenters. The van der Waals surface area contributed by atoms with E-state index in [9.17, 15) is 0 Å². The third kappa shape index (κ3) is 2.58. The predicted molar refractivity (Wildman–Crippen MR) is 81.8 cm³/mol. The van der Waals surface area contributed by atoms with Gasteiger partial charge in [-0.15, -0.1) is 0 Å². The second-order valence-electron chi connectivity index (χ2n) is 4.62. The Labute approximate surface area is 122 Å². The molecule has 1 aromatic heterocycles. The number of fused-ring (bicyclic) bond motifs is 1. The zero-order valence-electron chi connectivity index (χ0n) is 11.8. The average Bonchev–Trinajstić information content (AvgIpc) is 2.48. The standard InChI is InChI=1S/C16H15N3O2/c1-10-16(19-13-6-4-3-5-12(13)18-10)21-15-9-11(17)7-8-14(15)20-2/h3-9H,17H2,1-2H3. The van der Waals surface area contributed by atoms with E-state index in [4.69, 9.17) is 15.2 Å². The number of hydrogen-bond donors (Lipinski definition) is 1. The van der Waals surface area contributed by atoms with Crippen LogP contribution in [0.2, 0.25) is 0 Å². The normalized spacial score (nSPS) is 10.6. The van der Waals surface area contributed by atoms with Gasteiger partial charge in [-0.25, -0.2) is 9.97 Å². The maximum Gasteiger partial charge on any atom is 0.241 e. The number of anilines is 1. The number of aromatic nitrogens is 2. The van der Waals surface area contributed by atoms with Gasteiger partial charge in [-0.3, -0.25) is 0 Å². The number of ether oxygens (including phenoxy) is 2. The fourth-order valence-electron chi connectivity index (χ4n) is 2.05. The zero-order valence-corrected chi connectivity index (χ0v) is 11.8. The quantitative estimate of drug-likeness (QED) is 0.746. The van der Waals surface area contributed by atoms with E-state index in [1.165, 1.54) is 0 Å². The van der Waals surface area contributed by atoms with E-state index in [2.05, 4.69) is 9.97 Å². The van der Waals surface area contributed by atoms with E-state index in [0.29, 0.717) is 28.8 Å². The summed E-state index contributed by atoms with van der Waals surface area (Å²) in [7, 11) is 1.58. The molecule has 0 amide bonds. The van der Waals surface area contributed by atoms with E-state index < -0.39 is 0 Å². The summed E-state index contributed by atoms with van der Waals surface area (Å²) in [5, 5.41) is 0. The molecule has 0 radical (unpaired) electrons. The van der Waals surface area contributed by atoms with Crippen LogP contribution in [0.5, 0.6) is 17.4 Å². The van der Waals surface area contributed by atoms with Crippen molar-refractivity contribution in [2.45, 2.75) is 6.92 Å². The number of benzene rings is 2. The molecule has 5 heteroatoms. The van der Waals surface area contributed by atoms with E-state index in [1.807, 2.05) is 31.2 Å². The van der Waals surface area contributed by atoms with Crippen LogP contribution in [0.15, 0.2) is 42.5 Å². The van der Waals surface area contributed by atoms with E-state index in [0.717, 1.165) is 11.0 Å². The van der Waals surface area contributed by atoms with Crippen LogP contribution >= 0.6 is 0 Å². The molecule has 2 aromatic carbocycles. The Morgan fingerprint density at radius 2 is 1.67 bits per heavy atom. The summed E-state index contributed by atoms with van der Waals surface area (Å²) >= 11 is 0. The Kier molecular flexibility index (Phi) is 3.31. The lowest BCUT2D eigenvalue weighted by Crippen LogP contribution is -1.98. The minimum atomic E-state index is 0.442. The minimum absolute atomic E-state index is 0.442. The van der Waals surface area contributed by atoms with Crippen LogP contribution in [0.4, 0.5) is 5.69 Å². The fraction of sp³-hybridized carbons (Fsp3) is 0.125. The first-order chi connectivity index (χ1) is 10.2. The first-order valence-corrected chi connectivity index (χ1v) is 6.52. The molecule has 0 aliphatic rings. The van der Waals surface area contributed by atoms with Gasteiger partial charge in [0, 0.05) is 11.8 Å². The highest BCUT2D eigenvalue weighted by molar-refractivity contribution is 5.74. The number of nitrogens with two attached hydrogens (primary N) is 1. The van der Waals surface area contributed by atoms with E-state index >= 15 is 0 Å². The summed E-state index contributed by atoms with van der Waals surface area (Å²) in [5.41, 5.74) is 8.71. The topological polar surface area (TPSA) is 70.3 Å². The molecular weight excluding hydrogens is 266 g/mol. The summed E-state index contributed by atoms with van der Waals surface area (Å²) in [6, 6.07) is 12.9. The van der Waals surface area contributed by atoms with E-state index in [1.54, 1.807) is 25.3 Å². The van der Waals surface area contributed by atoms with Crippen molar-refractivity contribution in [3.8, 4) is 17.4 Å². The summed E-state index contributed by atoms with van der Waals surface area (Å²) in [5.74, 6) is 1.56. The molecule has 0 spiro atoms. The second kappa shape index (κ2) is 5.28. The molecule has 3 aromatic rings. The molecule has 0 aliphatic heterocycles. The third-order valence-electron chi connectivity index (χ3n) is 3.10. The highest BCUT2D eigenvalue weighted by atomic mass is 16.5. The number of para-hydroxylation sites is 2. The first kappa shape index (κ1) is 13.2. The lowest BCUT2D eigenvalue weighted by atomic mass is 10.3. The zero-order chi connectivity index (χ0) is 14.8. The van der Waals surface area contributed by atoms with Gasteiger partial charge in [-0.2, -0.15) is 0 Å². The second-order valence-corrected chi connectivity index (χ2v) is 4.62. The molecule has 5 nitrogen and oxygen atoms in total. The van der Waals surface area contributed by atoms with Crippen molar-refractivity contribution >= 4 is 16.7 Å². The number of rotatable bonds is 3. The van der Waals surface area contributed by atoms with Crippen molar-refractivity contribution in [3.05, 3.63) is 48.2 Å². The molecule has 0 bridgehead atoms. The van der Waals surface area contributed by atoms with Crippen molar-refractivity contribution in [1.29, 1.82) is 0 Å². The molecule has 0 fully saturated rings. The fourth-order valence-corrected chi connectivity index (χ4v) is 2.05. The molecule has 0 atom stereocenters. The molecule has 0 saturated carbocycles. The highest BCUT2D eigenvalue weighted by Gasteiger charge is 2.11. The Hall–Kier alpha value is -2.82. The molecular formula is C16H15N3O2. The van der Waals surface area contributed by atoms with Crippen LogP contribution in [0.25, 0.3) is 11.0 Å². The van der Waals surface area contributed by atoms with Crippen LogP contribution in [0.3, 0.4) is 0 Å². The van der Waals surface area contributed by atoms with Crippen molar-refractivity contribution < 1.29 is 9.47 Å². The lowest BCUT2D eigenvalue weighted by Gasteiger charge is -2.12. The minimum Gasteiger partial charge on any atom is -0.493 e. The van der Waals surface area contributed by atoms with E-state index in [-0.39, 0.29) is 0 Å². The monoisotopic (exact) mass is 281 g/mol. The van der Waals surface area contributed by atoms with Gasteiger partial charge in [-0.05, 0) is 31.2 Å². The summed E-state index contributed by atoms with van der Waals surface area (Å²) in [6.45, 7) is 1.85. The van der Waals surface area contributed by atoms with Crippen LogP contribution < -0.4 is 15.2 Å². The van der Waals surface area contributed by atoms with Crippen molar-refractivity contribution in [2.24, 2.45) is 0 Å². The summed E-state index contributed by atoms with van der Waals surface area (Å²) < 4.78 is 11.1. The maximum atomic E-state index is 5.84.